The number of carbonyl (C=O) groups excluding carboxylic acids is 1. The van der Waals surface area contributed by atoms with E-state index in [4.69, 9.17) is 0 Å². The molecule has 0 aromatic rings. The summed E-state index contributed by atoms with van der Waals surface area (Å²) in [5.41, 5.74) is 1.48. The predicted molar refractivity (Wildman–Crippen MR) is 50.9 cm³/mol. The summed E-state index contributed by atoms with van der Waals surface area (Å²) >= 11 is 0. The third-order valence-corrected chi connectivity index (χ3v) is 2.54. The number of allylic oxidation sites excluding steroid dienone is 2. The molecule has 0 radical (unpaired) electrons. The minimum atomic E-state index is 0.162. The van der Waals surface area contributed by atoms with Gasteiger partial charge in [-0.3, -0.25) is 4.79 Å². The van der Waals surface area contributed by atoms with E-state index in [1.165, 1.54) is 5.57 Å². The maximum atomic E-state index is 11.2. The van der Waals surface area contributed by atoms with Crippen molar-refractivity contribution in [2.75, 3.05) is 0 Å². The van der Waals surface area contributed by atoms with Crippen molar-refractivity contribution < 1.29 is 4.79 Å². The van der Waals surface area contributed by atoms with Crippen LogP contribution in [0.5, 0.6) is 0 Å². The van der Waals surface area contributed by atoms with E-state index >= 15 is 0 Å². The molecule has 0 amide bonds. The van der Waals surface area contributed by atoms with E-state index in [-0.39, 0.29) is 5.41 Å². The predicted octanol–water partition coefficient (Wildman–Crippen LogP) is 2.96. The molecule has 0 aliphatic heterocycles. The number of hydrogen-bond acceptors (Lipinski definition) is 1. The molecule has 0 aromatic carbocycles. The Morgan fingerprint density at radius 2 is 2.00 bits per heavy atom. The van der Waals surface area contributed by atoms with Crippen LogP contribution in [-0.2, 0) is 4.79 Å². The zero-order valence-electron chi connectivity index (χ0n) is 8.48. The van der Waals surface area contributed by atoms with Gasteiger partial charge in [0.2, 0.25) is 0 Å². The van der Waals surface area contributed by atoms with Gasteiger partial charge in [-0.25, -0.2) is 0 Å². The average Bonchev–Trinajstić information content (AvgIpc) is 1.92. The van der Waals surface area contributed by atoms with Crippen molar-refractivity contribution in [2.45, 2.75) is 40.5 Å². The van der Waals surface area contributed by atoms with E-state index in [0.717, 1.165) is 12.8 Å². The smallest absolute Gasteiger partial charge is 0.155 e. The Morgan fingerprint density at radius 1 is 1.42 bits per heavy atom. The molecule has 1 rings (SSSR count). The molecule has 1 nitrogen and oxygen atoms in total. The molecular formula is C11H18O. The molecule has 12 heavy (non-hydrogen) atoms. The topological polar surface area (TPSA) is 17.1 Å². The Morgan fingerprint density at radius 3 is 2.42 bits per heavy atom. The molecule has 0 fully saturated rings. The van der Waals surface area contributed by atoms with Crippen LogP contribution in [0.15, 0.2) is 11.6 Å². The summed E-state index contributed by atoms with van der Waals surface area (Å²) < 4.78 is 0. The van der Waals surface area contributed by atoms with Gasteiger partial charge in [-0.15, -0.1) is 0 Å². The second kappa shape index (κ2) is 3.04. The van der Waals surface area contributed by atoms with Crippen LogP contribution < -0.4 is 0 Å². The molecule has 1 aliphatic carbocycles. The van der Waals surface area contributed by atoms with Crippen molar-refractivity contribution in [3.05, 3.63) is 11.6 Å². The van der Waals surface area contributed by atoms with Crippen LogP contribution in [-0.4, -0.2) is 5.78 Å². The molecule has 0 saturated carbocycles. The first-order valence-electron chi connectivity index (χ1n) is 4.66. The zero-order valence-corrected chi connectivity index (χ0v) is 8.48. The molecule has 1 aliphatic rings. The summed E-state index contributed by atoms with van der Waals surface area (Å²) in [7, 11) is 0. The van der Waals surface area contributed by atoms with Crippen molar-refractivity contribution in [2.24, 2.45) is 11.3 Å². The lowest BCUT2D eigenvalue weighted by molar-refractivity contribution is -0.115. The van der Waals surface area contributed by atoms with Crippen molar-refractivity contribution in [1.29, 1.82) is 0 Å². The molecule has 68 valence electrons. The number of ketones is 1. The molecule has 1 atom stereocenters. The Hall–Kier alpha value is -0.590. The van der Waals surface area contributed by atoms with E-state index < -0.39 is 0 Å². The molecule has 1 heteroatoms. The van der Waals surface area contributed by atoms with Crippen molar-refractivity contribution in [3.63, 3.8) is 0 Å². The highest BCUT2D eigenvalue weighted by Crippen LogP contribution is 2.36. The van der Waals surface area contributed by atoms with Gasteiger partial charge in [-0.05, 0) is 23.8 Å². The van der Waals surface area contributed by atoms with E-state index in [9.17, 15) is 4.79 Å². The summed E-state index contributed by atoms with van der Waals surface area (Å²) in [6, 6.07) is 0. The highest BCUT2D eigenvalue weighted by atomic mass is 16.1. The van der Waals surface area contributed by atoms with Crippen molar-refractivity contribution in [1.82, 2.24) is 0 Å². The van der Waals surface area contributed by atoms with Gasteiger partial charge >= 0.3 is 0 Å². The minimum Gasteiger partial charge on any atom is -0.295 e. The van der Waals surface area contributed by atoms with Crippen LogP contribution in [0.4, 0.5) is 0 Å². The highest BCUT2D eigenvalue weighted by Gasteiger charge is 2.26. The number of rotatable bonds is 0. The monoisotopic (exact) mass is 166 g/mol. The SMILES string of the molecule is CC1CCC(=O)C=C1C(C)(C)C. The van der Waals surface area contributed by atoms with Crippen molar-refractivity contribution >= 4 is 5.78 Å². The minimum absolute atomic E-state index is 0.162. The fourth-order valence-electron chi connectivity index (χ4n) is 1.86. The molecule has 1 unspecified atom stereocenters. The maximum Gasteiger partial charge on any atom is 0.155 e. The Labute approximate surface area is 74.9 Å². The standard InChI is InChI=1S/C11H18O/c1-8-5-6-9(12)7-10(8)11(2,3)4/h7-8H,5-6H2,1-4H3. The lowest BCUT2D eigenvalue weighted by atomic mass is 9.74. The van der Waals surface area contributed by atoms with Gasteiger partial charge < -0.3 is 0 Å². The molecule has 0 N–H and O–H groups in total. The first-order valence-corrected chi connectivity index (χ1v) is 4.66. The largest absolute Gasteiger partial charge is 0.295 e. The third-order valence-electron chi connectivity index (χ3n) is 2.54. The Kier molecular flexibility index (Phi) is 2.41. The third kappa shape index (κ3) is 1.96. The average molecular weight is 166 g/mol. The van der Waals surface area contributed by atoms with Crippen LogP contribution in [0.3, 0.4) is 0 Å². The van der Waals surface area contributed by atoms with Crippen LogP contribution in [0.1, 0.15) is 40.5 Å². The molecule has 0 aromatic heterocycles. The zero-order chi connectivity index (χ0) is 9.35. The fraction of sp³-hybridized carbons (Fsp3) is 0.727. The lowest BCUT2D eigenvalue weighted by Gasteiger charge is -2.30. The number of carbonyl (C=O) groups is 1. The molecule has 0 saturated heterocycles. The summed E-state index contributed by atoms with van der Waals surface area (Å²) in [5, 5.41) is 0. The van der Waals surface area contributed by atoms with Gasteiger partial charge in [-0.1, -0.05) is 33.3 Å². The van der Waals surface area contributed by atoms with Gasteiger partial charge in [0.15, 0.2) is 5.78 Å². The van der Waals surface area contributed by atoms with Gasteiger partial charge in [0.25, 0.3) is 0 Å². The molecule has 0 spiro atoms. The first kappa shape index (κ1) is 9.50. The summed E-state index contributed by atoms with van der Waals surface area (Å²) in [6.45, 7) is 8.74. The maximum absolute atomic E-state index is 11.2. The van der Waals surface area contributed by atoms with E-state index in [2.05, 4.69) is 27.7 Å². The van der Waals surface area contributed by atoms with Gasteiger partial charge in [0.05, 0.1) is 0 Å². The fourth-order valence-corrected chi connectivity index (χ4v) is 1.86. The van der Waals surface area contributed by atoms with Crippen LogP contribution >= 0.6 is 0 Å². The normalized spacial score (nSPS) is 25.5. The van der Waals surface area contributed by atoms with Crippen LogP contribution in [0.25, 0.3) is 0 Å². The Balaban J connectivity index is 2.92. The van der Waals surface area contributed by atoms with E-state index in [1.54, 1.807) is 0 Å². The quantitative estimate of drug-likeness (QED) is 0.540. The second-order valence-corrected chi connectivity index (χ2v) is 4.76. The summed E-state index contributed by atoms with van der Waals surface area (Å²) in [6.07, 6.45) is 3.62. The first-order chi connectivity index (χ1) is 5.41. The van der Waals surface area contributed by atoms with E-state index in [1.807, 2.05) is 6.08 Å². The number of hydrogen-bond donors (Lipinski definition) is 0. The molecular weight excluding hydrogens is 148 g/mol. The summed E-state index contributed by atoms with van der Waals surface area (Å²) in [4.78, 5) is 11.2. The van der Waals surface area contributed by atoms with E-state index in [0.29, 0.717) is 11.7 Å². The van der Waals surface area contributed by atoms with Gasteiger partial charge in [0, 0.05) is 6.42 Å². The molecule has 0 bridgehead atoms. The lowest BCUT2D eigenvalue weighted by Crippen LogP contribution is -2.21. The van der Waals surface area contributed by atoms with Crippen LogP contribution in [0, 0.1) is 11.3 Å². The second-order valence-electron chi connectivity index (χ2n) is 4.76. The van der Waals surface area contributed by atoms with Crippen LogP contribution in [0.2, 0.25) is 0 Å². The molecule has 0 heterocycles. The van der Waals surface area contributed by atoms with Gasteiger partial charge in [-0.2, -0.15) is 0 Å². The highest BCUT2D eigenvalue weighted by molar-refractivity contribution is 5.91. The Bertz CT molecular complexity index is 218. The summed E-state index contributed by atoms with van der Waals surface area (Å²) in [5.74, 6) is 0.890. The van der Waals surface area contributed by atoms with Crippen molar-refractivity contribution in [3.8, 4) is 0 Å². The van der Waals surface area contributed by atoms with Gasteiger partial charge in [0.1, 0.15) is 0 Å².